The Morgan fingerprint density at radius 1 is 0.926 bits per heavy atom. The van der Waals surface area contributed by atoms with Crippen LogP contribution in [0.2, 0.25) is 0 Å². The molecule has 2 amide bonds. The molecular weight excluding hydrogens is 342 g/mol. The Hall–Kier alpha value is -2.70. The number of anilines is 1. The average Bonchev–Trinajstić information content (AvgIpc) is 2.72. The number of hydrogen-bond donors (Lipinski definition) is 3. The number of carbonyl (C=O) groups excluding carboxylic acids is 2. The molecule has 0 unspecified atom stereocenters. The van der Waals surface area contributed by atoms with Gasteiger partial charge in [-0.05, 0) is 30.3 Å². The lowest BCUT2D eigenvalue weighted by atomic mass is 10.1. The van der Waals surface area contributed by atoms with Crippen LogP contribution in [0.3, 0.4) is 0 Å². The molecule has 142 valence electrons. The van der Waals surface area contributed by atoms with E-state index in [0.717, 1.165) is 39.3 Å². The molecule has 0 aliphatic carbocycles. The van der Waals surface area contributed by atoms with Gasteiger partial charge in [-0.3, -0.25) is 9.59 Å². The Morgan fingerprint density at radius 3 is 2.44 bits per heavy atom. The SMILES string of the molecule is O=C(NCCC[NH+]1CCOCC1)c1cccc(NC(=O)c2ccccc2)c1. The molecule has 2 aromatic rings. The van der Waals surface area contributed by atoms with Gasteiger partial charge in [-0.2, -0.15) is 0 Å². The second-order valence-corrected chi connectivity index (χ2v) is 6.62. The average molecular weight is 368 g/mol. The van der Waals surface area contributed by atoms with Gasteiger partial charge in [0.1, 0.15) is 13.1 Å². The first kappa shape index (κ1) is 19.1. The Labute approximate surface area is 159 Å². The first-order valence-corrected chi connectivity index (χ1v) is 9.38. The molecule has 3 N–H and O–H groups in total. The smallest absolute Gasteiger partial charge is 0.255 e. The van der Waals surface area contributed by atoms with Crippen LogP contribution in [0.1, 0.15) is 27.1 Å². The number of hydrogen-bond acceptors (Lipinski definition) is 3. The van der Waals surface area contributed by atoms with Crippen molar-refractivity contribution in [1.29, 1.82) is 0 Å². The van der Waals surface area contributed by atoms with Crippen LogP contribution in [0, 0.1) is 0 Å². The third kappa shape index (κ3) is 5.91. The maximum absolute atomic E-state index is 12.4. The second kappa shape index (κ2) is 9.85. The number of amides is 2. The van der Waals surface area contributed by atoms with Crippen molar-refractivity contribution < 1.29 is 19.2 Å². The van der Waals surface area contributed by atoms with E-state index in [9.17, 15) is 9.59 Å². The van der Waals surface area contributed by atoms with E-state index in [2.05, 4.69) is 10.6 Å². The van der Waals surface area contributed by atoms with E-state index in [0.29, 0.717) is 23.4 Å². The molecule has 27 heavy (non-hydrogen) atoms. The quantitative estimate of drug-likeness (QED) is 0.638. The molecule has 1 fully saturated rings. The van der Waals surface area contributed by atoms with Crippen LogP contribution >= 0.6 is 0 Å². The van der Waals surface area contributed by atoms with Crippen molar-refractivity contribution in [3.8, 4) is 0 Å². The highest BCUT2D eigenvalue weighted by Gasteiger charge is 2.13. The molecule has 1 saturated heterocycles. The van der Waals surface area contributed by atoms with Crippen molar-refractivity contribution in [2.24, 2.45) is 0 Å². The van der Waals surface area contributed by atoms with Gasteiger partial charge in [-0.1, -0.05) is 24.3 Å². The van der Waals surface area contributed by atoms with Gasteiger partial charge >= 0.3 is 0 Å². The monoisotopic (exact) mass is 368 g/mol. The molecule has 0 saturated carbocycles. The summed E-state index contributed by atoms with van der Waals surface area (Å²) in [6.45, 7) is 5.40. The molecule has 0 atom stereocenters. The molecule has 0 radical (unpaired) electrons. The molecule has 2 aromatic carbocycles. The fraction of sp³-hybridized carbons (Fsp3) is 0.333. The Morgan fingerprint density at radius 2 is 1.67 bits per heavy atom. The van der Waals surface area contributed by atoms with Crippen molar-refractivity contribution in [3.05, 3.63) is 65.7 Å². The molecular formula is C21H26N3O3+. The summed E-state index contributed by atoms with van der Waals surface area (Å²) in [5, 5.41) is 5.78. The predicted octanol–water partition coefficient (Wildman–Crippen LogP) is 0.974. The van der Waals surface area contributed by atoms with Gasteiger partial charge < -0.3 is 20.3 Å². The summed E-state index contributed by atoms with van der Waals surface area (Å²) in [7, 11) is 0. The van der Waals surface area contributed by atoms with Crippen molar-refractivity contribution in [3.63, 3.8) is 0 Å². The molecule has 0 bridgehead atoms. The van der Waals surface area contributed by atoms with E-state index in [1.165, 1.54) is 4.90 Å². The number of quaternary nitrogens is 1. The number of rotatable bonds is 7. The van der Waals surface area contributed by atoms with Gasteiger partial charge in [-0.15, -0.1) is 0 Å². The first-order valence-electron chi connectivity index (χ1n) is 9.38. The summed E-state index contributed by atoms with van der Waals surface area (Å²) >= 11 is 0. The number of benzene rings is 2. The van der Waals surface area contributed by atoms with Gasteiger partial charge in [0.25, 0.3) is 11.8 Å². The molecule has 6 heteroatoms. The predicted molar refractivity (Wildman–Crippen MR) is 104 cm³/mol. The third-order valence-corrected chi connectivity index (χ3v) is 4.61. The van der Waals surface area contributed by atoms with Crippen LogP contribution in [0.25, 0.3) is 0 Å². The standard InChI is InChI=1S/C21H25N3O3/c25-20(22-10-5-11-24-12-14-27-15-13-24)18-8-4-9-19(16-18)23-21(26)17-6-2-1-3-7-17/h1-4,6-9,16H,5,10-15H2,(H,22,25)(H,23,26)/p+1. The van der Waals surface area contributed by atoms with Gasteiger partial charge in [0.2, 0.25) is 0 Å². The second-order valence-electron chi connectivity index (χ2n) is 6.62. The van der Waals surface area contributed by atoms with E-state index in [1.807, 2.05) is 18.2 Å². The van der Waals surface area contributed by atoms with Crippen LogP contribution in [0.5, 0.6) is 0 Å². The first-order chi connectivity index (χ1) is 13.2. The molecule has 1 heterocycles. The zero-order chi connectivity index (χ0) is 18.9. The third-order valence-electron chi connectivity index (χ3n) is 4.61. The molecule has 0 aromatic heterocycles. The molecule has 1 aliphatic rings. The fourth-order valence-corrected chi connectivity index (χ4v) is 3.08. The van der Waals surface area contributed by atoms with Gasteiger partial charge in [0, 0.05) is 29.8 Å². The minimum Gasteiger partial charge on any atom is -0.370 e. The van der Waals surface area contributed by atoms with Gasteiger partial charge in [0.15, 0.2) is 0 Å². The van der Waals surface area contributed by atoms with Crippen molar-refractivity contribution in [2.75, 3.05) is 44.7 Å². The van der Waals surface area contributed by atoms with Crippen LogP contribution < -0.4 is 15.5 Å². The van der Waals surface area contributed by atoms with E-state index in [-0.39, 0.29) is 11.8 Å². The molecule has 3 rings (SSSR count). The van der Waals surface area contributed by atoms with E-state index in [4.69, 9.17) is 4.74 Å². The number of carbonyl (C=O) groups is 2. The van der Waals surface area contributed by atoms with Crippen LogP contribution in [0.4, 0.5) is 5.69 Å². The molecule has 6 nitrogen and oxygen atoms in total. The van der Waals surface area contributed by atoms with Crippen LogP contribution in [-0.2, 0) is 4.74 Å². The van der Waals surface area contributed by atoms with Crippen molar-refractivity contribution in [2.45, 2.75) is 6.42 Å². The number of morpholine rings is 1. The lowest BCUT2D eigenvalue weighted by Crippen LogP contribution is -3.14. The number of ether oxygens (including phenoxy) is 1. The summed E-state index contributed by atoms with van der Waals surface area (Å²) in [4.78, 5) is 26.1. The summed E-state index contributed by atoms with van der Waals surface area (Å²) in [5.74, 6) is -0.315. The summed E-state index contributed by atoms with van der Waals surface area (Å²) in [6, 6.07) is 16.0. The highest BCUT2D eigenvalue weighted by molar-refractivity contribution is 6.05. The van der Waals surface area contributed by atoms with Crippen molar-refractivity contribution >= 4 is 17.5 Å². The fourth-order valence-electron chi connectivity index (χ4n) is 3.08. The van der Waals surface area contributed by atoms with E-state index in [1.54, 1.807) is 36.4 Å². The minimum absolute atomic E-state index is 0.122. The normalized spacial score (nSPS) is 14.5. The number of nitrogens with one attached hydrogen (secondary N) is 3. The highest BCUT2D eigenvalue weighted by atomic mass is 16.5. The van der Waals surface area contributed by atoms with E-state index < -0.39 is 0 Å². The Kier molecular flexibility index (Phi) is 6.96. The Balaban J connectivity index is 1.47. The highest BCUT2D eigenvalue weighted by Crippen LogP contribution is 2.12. The van der Waals surface area contributed by atoms with Crippen LogP contribution in [-0.4, -0.2) is 51.2 Å². The van der Waals surface area contributed by atoms with E-state index >= 15 is 0 Å². The maximum atomic E-state index is 12.4. The maximum Gasteiger partial charge on any atom is 0.255 e. The summed E-state index contributed by atoms with van der Waals surface area (Å²) in [5.41, 5.74) is 1.73. The lowest BCUT2D eigenvalue weighted by Gasteiger charge is -2.23. The summed E-state index contributed by atoms with van der Waals surface area (Å²) in [6.07, 6.45) is 0.936. The topological polar surface area (TPSA) is 71.9 Å². The van der Waals surface area contributed by atoms with Crippen molar-refractivity contribution in [1.82, 2.24) is 5.32 Å². The zero-order valence-electron chi connectivity index (χ0n) is 15.4. The zero-order valence-corrected chi connectivity index (χ0v) is 15.4. The van der Waals surface area contributed by atoms with Gasteiger partial charge in [-0.25, -0.2) is 0 Å². The van der Waals surface area contributed by atoms with Crippen LogP contribution in [0.15, 0.2) is 54.6 Å². The molecule has 1 aliphatic heterocycles. The Bertz CT molecular complexity index is 758. The summed E-state index contributed by atoms with van der Waals surface area (Å²) < 4.78 is 5.35. The van der Waals surface area contributed by atoms with Gasteiger partial charge in [0.05, 0.1) is 19.8 Å². The largest absolute Gasteiger partial charge is 0.370 e. The minimum atomic E-state index is -0.193. The molecule has 0 spiro atoms. The lowest BCUT2D eigenvalue weighted by molar-refractivity contribution is -0.908.